The third kappa shape index (κ3) is 2.15. The number of hydrogen-bond donors (Lipinski definition) is 1. The molecule has 2 fully saturated rings. The van der Waals surface area contributed by atoms with Crippen LogP contribution in [0, 0.1) is 5.92 Å². The molecule has 86 valence electrons. The molecule has 15 heavy (non-hydrogen) atoms. The second-order valence-corrected chi connectivity index (χ2v) is 6.53. The third-order valence-corrected chi connectivity index (χ3v) is 5.56. The first kappa shape index (κ1) is 10.9. The van der Waals surface area contributed by atoms with Crippen LogP contribution < -0.4 is 5.73 Å². The lowest BCUT2D eigenvalue weighted by Crippen LogP contribution is -2.42. The predicted octanol–water partition coefficient (Wildman–Crippen LogP) is -0.324. The van der Waals surface area contributed by atoms with Crippen LogP contribution in [0.4, 0.5) is 0 Å². The first-order valence-electron chi connectivity index (χ1n) is 5.30. The van der Waals surface area contributed by atoms with E-state index in [9.17, 15) is 13.2 Å². The van der Waals surface area contributed by atoms with Crippen LogP contribution in [0.5, 0.6) is 0 Å². The quantitative estimate of drug-likeness (QED) is 0.724. The molecule has 5 nitrogen and oxygen atoms in total. The normalized spacial score (nSPS) is 25.3. The Hall–Kier alpha value is -0.620. The van der Waals surface area contributed by atoms with Crippen molar-refractivity contribution in [2.45, 2.75) is 30.9 Å². The molecule has 1 aliphatic carbocycles. The predicted molar refractivity (Wildman–Crippen MR) is 55.4 cm³/mol. The maximum atomic E-state index is 11.8. The highest BCUT2D eigenvalue weighted by Crippen LogP contribution is 2.32. The number of hydrogen-bond acceptors (Lipinski definition) is 3. The zero-order chi connectivity index (χ0) is 11.1. The summed E-state index contributed by atoms with van der Waals surface area (Å²) in [4.78, 5) is 10.9. The summed E-state index contributed by atoms with van der Waals surface area (Å²) in [7, 11) is -3.06. The summed E-state index contributed by atoms with van der Waals surface area (Å²) in [6.07, 6.45) is 2.72. The Balaban J connectivity index is 1.96. The van der Waals surface area contributed by atoms with Gasteiger partial charge in [0.2, 0.25) is 15.9 Å². The van der Waals surface area contributed by atoms with Crippen molar-refractivity contribution in [3.63, 3.8) is 0 Å². The van der Waals surface area contributed by atoms with E-state index in [2.05, 4.69) is 0 Å². The molecule has 2 aliphatic rings. The lowest BCUT2D eigenvalue weighted by molar-refractivity contribution is -0.122. The maximum Gasteiger partial charge on any atom is 0.220 e. The van der Waals surface area contributed by atoms with Gasteiger partial charge in [0.05, 0.1) is 5.25 Å². The Bertz CT molecular complexity index is 354. The van der Waals surface area contributed by atoms with Crippen LogP contribution in [0.1, 0.15) is 25.7 Å². The number of primary amides is 1. The summed E-state index contributed by atoms with van der Waals surface area (Å²) in [5.41, 5.74) is 5.19. The van der Waals surface area contributed by atoms with Crippen LogP contribution in [0.3, 0.4) is 0 Å². The first-order valence-corrected chi connectivity index (χ1v) is 6.80. The van der Waals surface area contributed by atoms with Gasteiger partial charge in [-0.1, -0.05) is 0 Å². The maximum absolute atomic E-state index is 11.8. The molecular weight excluding hydrogens is 216 g/mol. The summed E-state index contributed by atoms with van der Waals surface area (Å²) in [5.74, 6) is -0.450. The van der Waals surface area contributed by atoms with E-state index >= 15 is 0 Å². The number of sulfonamides is 1. The van der Waals surface area contributed by atoms with Crippen LogP contribution in [-0.2, 0) is 14.8 Å². The minimum absolute atomic E-state index is 0.143. The van der Waals surface area contributed by atoms with Gasteiger partial charge in [-0.05, 0) is 25.7 Å². The minimum Gasteiger partial charge on any atom is -0.369 e. The van der Waals surface area contributed by atoms with Crippen molar-refractivity contribution in [3.8, 4) is 0 Å². The Morgan fingerprint density at radius 2 is 1.67 bits per heavy atom. The number of carbonyl (C=O) groups excluding carboxylic acids is 1. The second-order valence-electron chi connectivity index (χ2n) is 4.32. The molecule has 1 amide bonds. The van der Waals surface area contributed by atoms with Crippen molar-refractivity contribution >= 4 is 15.9 Å². The zero-order valence-electron chi connectivity index (χ0n) is 8.55. The fourth-order valence-electron chi connectivity index (χ4n) is 1.97. The fourth-order valence-corrected chi connectivity index (χ4v) is 3.84. The number of amides is 1. The van der Waals surface area contributed by atoms with Crippen LogP contribution in [0.2, 0.25) is 0 Å². The molecule has 1 saturated carbocycles. The Morgan fingerprint density at radius 3 is 2.07 bits per heavy atom. The van der Waals surface area contributed by atoms with Gasteiger partial charge in [0, 0.05) is 19.0 Å². The molecule has 1 saturated heterocycles. The molecule has 0 unspecified atom stereocenters. The number of rotatable bonds is 3. The third-order valence-electron chi connectivity index (χ3n) is 3.16. The smallest absolute Gasteiger partial charge is 0.220 e. The molecule has 1 heterocycles. The summed E-state index contributed by atoms with van der Waals surface area (Å²) >= 11 is 0. The van der Waals surface area contributed by atoms with Crippen LogP contribution in [0.25, 0.3) is 0 Å². The largest absolute Gasteiger partial charge is 0.369 e. The first-order chi connectivity index (χ1) is 7.01. The average Bonchev–Trinajstić information content (AvgIpc) is 3.01. The van der Waals surface area contributed by atoms with E-state index in [0.29, 0.717) is 25.9 Å². The highest BCUT2D eigenvalue weighted by atomic mass is 32.2. The van der Waals surface area contributed by atoms with E-state index in [0.717, 1.165) is 12.8 Å². The molecule has 6 heteroatoms. The van der Waals surface area contributed by atoms with Crippen molar-refractivity contribution in [2.24, 2.45) is 11.7 Å². The average molecular weight is 232 g/mol. The van der Waals surface area contributed by atoms with Crippen molar-refractivity contribution in [1.29, 1.82) is 0 Å². The topological polar surface area (TPSA) is 80.5 Å². The van der Waals surface area contributed by atoms with E-state index in [1.165, 1.54) is 4.31 Å². The van der Waals surface area contributed by atoms with Crippen molar-refractivity contribution in [3.05, 3.63) is 0 Å². The van der Waals surface area contributed by atoms with Gasteiger partial charge in [-0.25, -0.2) is 12.7 Å². The number of nitrogens with zero attached hydrogens (tertiary/aromatic N) is 1. The molecule has 0 aromatic heterocycles. The van der Waals surface area contributed by atoms with Gasteiger partial charge in [-0.3, -0.25) is 4.79 Å². The molecule has 0 aromatic rings. The van der Waals surface area contributed by atoms with Crippen LogP contribution >= 0.6 is 0 Å². The molecule has 2 rings (SSSR count). The van der Waals surface area contributed by atoms with Gasteiger partial charge in [0.25, 0.3) is 0 Å². The molecule has 0 atom stereocenters. The van der Waals surface area contributed by atoms with Crippen molar-refractivity contribution < 1.29 is 13.2 Å². The van der Waals surface area contributed by atoms with Gasteiger partial charge in [-0.15, -0.1) is 0 Å². The second kappa shape index (κ2) is 3.75. The SMILES string of the molecule is NC(=O)C1CCN(S(=O)(=O)C2CC2)CC1. The number of carbonyl (C=O) groups is 1. The van der Waals surface area contributed by atoms with Crippen LogP contribution in [0.15, 0.2) is 0 Å². The highest BCUT2D eigenvalue weighted by molar-refractivity contribution is 7.90. The Labute approximate surface area is 89.7 Å². The Morgan fingerprint density at radius 1 is 1.13 bits per heavy atom. The van der Waals surface area contributed by atoms with E-state index in [4.69, 9.17) is 5.73 Å². The molecule has 1 aliphatic heterocycles. The molecule has 0 radical (unpaired) electrons. The van der Waals surface area contributed by atoms with Gasteiger partial charge in [-0.2, -0.15) is 0 Å². The van der Waals surface area contributed by atoms with Crippen molar-refractivity contribution in [1.82, 2.24) is 4.31 Å². The zero-order valence-corrected chi connectivity index (χ0v) is 9.37. The molecule has 2 N–H and O–H groups in total. The van der Waals surface area contributed by atoms with Gasteiger partial charge >= 0.3 is 0 Å². The van der Waals surface area contributed by atoms with E-state index in [-0.39, 0.29) is 17.1 Å². The molecular formula is C9H16N2O3S. The van der Waals surface area contributed by atoms with Gasteiger partial charge in [0.1, 0.15) is 0 Å². The summed E-state index contributed by atoms with van der Waals surface area (Å²) in [5, 5.41) is -0.150. The fraction of sp³-hybridized carbons (Fsp3) is 0.889. The van der Waals surface area contributed by atoms with Gasteiger partial charge < -0.3 is 5.73 Å². The number of piperidine rings is 1. The Kier molecular flexibility index (Phi) is 2.72. The summed E-state index contributed by atoms with van der Waals surface area (Å²) in [6, 6.07) is 0. The number of nitrogens with two attached hydrogens (primary N) is 1. The lowest BCUT2D eigenvalue weighted by atomic mass is 9.98. The van der Waals surface area contributed by atoms with Crippen molar-refractivity contribution in [2.75, 3.05) is 13.1 Å². The molecule has 0 spiro atoms. The standard InChI is InChI=1S/C9H16N2O3S/c10-9(12)7-3-5-11(6-4-7)15(13,14)8-1-2-8/h7-8H,1-6H2,(H2,10,12). The lowest BCUT2D eigenvalue weighted by Gasteiger charge is -2.29. The minimum atomic E-state index is -3.06. The van der Waals surface area contributed by atoms with E-state index < -0.39 is 10.0 Å². The summed E-state index contributed by atoms with van der Waals surface area (Å²) < 4.78 is 25.2. The van der Waals surface area contributed by atoms with E-state index in [1.807, 2.05) is 0 Å². The van der Waals surface area contributed by atoms with E-state index in [1.54, 1.807) is 0 Å². The van der Waals surface area contributed by atoms with Crippen LogP contribution in [-0.4, -0.2) is 37.0 Å². The highest BCUT2D eigenvalue weighted by Gasteiger charge is 2.41. The summed E-state index contributed by atoms with van der Waals surface area (Å²) in [6.45, 7) is 0.902. The van der Waals surface area contributed by atoms with Gasteiger partial charge in [0.15, 0.2) is 0 Å². The molecule has 0 aromatic carbocycles. The monoisotopic (exact) mass is 232 g/mol. The molecule has 0 bridgehead atoms.